The van der Waals surface area contributed by atoms with Crippen LogP contribution in [-0.2, 0) is 6.54 Å². The number of benzene rings is 2. The molecule has 1 heterocycles. The summed E-state index contributed by atoms with van der Waals surface area (Å²) in [5.41, 5.74) is 2.52. The highest BCUT2D eigenvalue weighted by atomic mass is 35.5. The molecule has 0 unspecified atom stereocenters. The Balaban J connectivity index is 1.63. The number of aromatic hydroxyl groups is 1. The number of methoxy groups -OCH3 is 1. The Bertz CT molecular complexity index is 822. The summed E-state index contributed by atoms with van der Waals surface area (Å²) in [7, 11) is 3.19. The monoisotopic (exact) mass is 389 g/mol. The molecule has 2 aromatic carbocycles. The molecule has 2 N–H and O–H groups in total. The molecular weight excluding hydrogens is 366 g/mol. The highest BCUT2D eigenvalue weighted by Gasteiger charge is 2.16. The van der Waals surface area contributed by atoms with E-state index < -0.39 is 0 Å². The number of hydrogen-bond acceptors (Lipinski definition) is 4. The van der Waals surface area contributed by atoms with E-state index in [2.05, 4.69) is 10.2 Å². The molecule has 1 aliphatic rings. The molecule has 0 radical (unpaired) electrons. The summed E-state index contributed by atoms with van der Waals surface area (Å²) in [5.74, 6) is 0.451. The number of anilines is 2. The topological polar surface area (TPSA) is 65.0 Å². The van der Waals surface area contributed by atoms with E-state index in [1.165, 1.54) is 20.0 Å². The van der Waals surface area contributed by atoms with Gasteiger partial charge in [-0.25, -0.2) is 4.79 Å². The zero-order valence-electron chi connectivity index (χ0n) is 15.5. The SMILES string of the molecule is COc1cc(CN(C)C(=O)Nc2ccc(N3CCCC3)c(Cl)c2)ccc1O. The van der Waals surface area contributed by atoms with Crippen LogP contribution in [0, 0.1) is 0 Å². The Morgan fingerprint density at radius 3 is 2.67 bits per heavy atom. The molecule has 0 aromatic heterocycles. The lowest BCUT2D eigenvalue weighted by Gasteiger charge is -2.21. The first-order valence-electron chi connectivity index (χ1n) is 8.90. The summed E-state index contributed by atoms with van der Waals surface area (Å²) in [4.78, 5) is 16.3. The molecule has 6 nitrogen and oxygen atoms in total. The third-order valence-corrected chi connectivity index (χ3v) is 4.96. The number of carbonyl (C=O) groups excluding carboxylic acids is 1. The van der Waals surface area contributed by atoms with Crippen LogP contribution in [0.5, 0.6) is 11.5 Å². The maximum absolute atomic E-state index is 12.5. The Kier molecular flexibility index (Phi) is 5.96. The minimum Gasteiger partial charge on any atom is -0.504 e. The zero-order valence-corrected chi connectivity index (χ0v) is 16.3. The van der Waals surface area contributed by atoms with E-state index in [-0.39, 0.29) is 11.8 Å². The Labute approximate surface area is 164 Å². The van der Waals surface area contributed by atoms with Crippen molar-refractivity contribution in [2.75, 3.05) is 37.5 Å². The predicted molar refractivity (Wildman–Crippen MR) is 108 cm³/mol. The van der Waals surface area contributed by atoms with Crippen molar-refractivity contribution >= 4 is 29.0 Å². The molecule has 0 aliphatic carbocycles. The average Bonchev–Trinajstić information content (AvgIpc) is 3.17. The summed E-state index contributed by atoms with van der Waals surface area (Å²) in [6.45, 7) is 2.41. The Hall–Kier alpha value is -2.60. The molecule has 0 bridgehead atoms. The summed E-state index contributed by atoms with van der Waals surface area (Å²) in [6.07, 6.45) is 2.36. The Morgan fingerprint density at radius 2 is 2.00 bits per heavy atom. The largest absolute Gasteiger partial charge is 0.504 e. The average molecular weight is 390 g/mol. The van der Waals surface area contributed by atoms with E-state index in [1.54, 1.807) is 36.2 Å². The molecule has 27 heavy (non-hydrogen) atoms. The van der Waals surface area contributed by atoms with Crippen molar-refractivity contribution in [2.45, 2.75) is 19.4 Å². The van der Waals surface area contributed by atoms with Gasteiger partial charge in [0.15, 0.2) is 11.5 Å². The van der Waals surface area contributed by atoms with Gasteiger partial charge in [-0.05, 0) is 48.7 Å². The van der Waals surface area contributed by atoms with Crippen molar-refractivity contribution in [1.29, 1.82) is 0 Å². The van der Waals surface area contributed by atoms with Crippen molar-refractivity contribution in [2.24, 2.45) is 0 Å². The number of nitrogens with one attached hydrogen (secondary N) is 1. The van der Waals surface area contributed by atoms with Crippen molar-refractivity contribution in [1.82, 2.24) is 4.90 Å². The number of phenols is 1. The summed E-state index contributed by atoms with van der Waals surface area (Å²) < 4.78 is 5.10. The minimum atomic E-state index is -0.243. The van der Waals surface area contributed by atoms with Gasteiger partial charge in [0.2, 0.25) is 0 Å². The van der Waals surface area contributed by atoms with Crippen molar-refractivity contribution in [3.05, 3.63) is 47.0 Å². The fraction of sp³-hybridized carbons (Fsp3) is 0.350. The lowest BCUT2D eigenvalue weighted by molar-refractivity contribution is 0.220. The zero-order chi connectivity index (χ0) is 19.4. The van der Waals surface area contributed by atoms with E-state index in [1.807, 2.05) is 12.1 Å². The quantitative estimate of drug-likeness (QED) is 0.799. The van der Waals surface area contributed by atoms with E-state index in [0.29, 0.717) is 23.0 Å². The van der Waals surface area contributed by atoms with Crippen LogP contribution in [0.25, 0.3) is 0 Å². The molecule has 0 spiro atoms. The maximum atomic E-state index is 12.5. The highest BCUT2D eigenvalue weighted by Crippen LogP contribution is 2.31. The summed E-state index contributed by atoms with van der Waals surface area (Å²) in [6, 6.07) is 10.4. The number of nitrogens with zero attached hydrogens (tertiary/aromatic N) is 2. The molecule has 0 atom stereocenters. The maximum Gasteiger partial charge on any atom is 0.321 e. The van der Waals surface area contributed by atoms with Crippen LogP contribution < -0.4 is 15.0 Å². The van der Waals surface area contributed by atoms with Crippen LogP contribution >= 0.6 is 11.6 Å². The second-order valence-electron chi connectivity index (χ2n) is 6.65. The van der Waals surface area contributed by atoms with Crippen LogP contribution in [-0.4, -0.2) is 43.3 Å². The molecule has 2 aromatic rings. The van der Waals surface area contributed by atoms with Gasteiger partial charge in [-0.15, -0.1) is 0 Å². The van der Waals surface area contributed by atoms with E-state index in [9.17, 15) is 9.90 Å². The molecule has 0 saturated carbocycles. The molecule has 1 fully saturated rings. The molecule has 144 valence electrons. The third kappa shape index (κ3) is 4.57. The number of halogens is 1. The molecule has 3 rings (SSSR count). The molecule has 1 aliphatic heterocycles. The molecule has 1 saturated heterocycles. The van der Waals surface area contributed by atoms with E-state index in [4.69, 9.17) is 16.3 Å². The number of rotatable bonds is 5. The predicted octanol–water partition coefficient (Wildman–Crippen LogP) is 4.32. The number of ether oxygens (including phenoxy) is 1. The van der Waals surface area contributed by atoms with Gasteiger partial charge in [0, 0.05) is 32.4 Å². The fourth-order valence-electron chi connectivity index (χ4n) is 3.18. The molecule has 2 amide bonds. The van der Waals surface area contributed by atoms with Gasteiger partial charge in [0.25, 0.3) is 0 Å². The van der Waals surface area contributed by atoms with Gasteiger partial charge < -0.3 is 25.0 Å². The minimum absolute atomic E-state index is 0.0705. The standard InChI is InChI=1S/C20H24ClN3O3/c1-23(13-14-5-8-18(25)19(11-14)27-2)20(26)22-15-6-7-17(16(21)12-15)24-9-3-4-10-24/h5-8,11-12,25H,3-4,9-10,13H2,1-2H3,(H,22,26). The fourth-order valence-corrected chi connectivity index (χ4v) is 3.48. The normalized spacial score (nSPS) is 13.5. The first kappa shape index (κ1) is 19.2. The number of carbonyl (C=O) groups is 1. The van der Waals surface area contributed by atoms with Crippen LogP contribution in [0.2, 0.25) is 5.02 Å². The van der Waals surface area contributed by atoms with E-state index in [0.717, 1.165) is 24.3 Å². The smallest absolute Gasteiger partial charge is 0.321 e. The second kappa shape index (κ2) is 8.39. The Morgan fingerprint density at radius 1 is 1.26 bits per heavy atom. The first-order valence-corrected chi connectivity index (χ1v) is 9.28. The lowest BCUT2D eigenvalue weighted by atomic mass is 10.2. The van der Waals surface area contributed by atoms with E-state index >= 15 is 0 Å². The first-order chi connectivity index (χ1) is 13.0. The van der Waals surface area contributed by atoms with Crippen molar-refractivity contribution < 1.29 is 14.6 Å². The third-order valence-electron chi connectivity index (χ3n) is 4.66. The van der Waals surface area contributed by atoms with Gasteiger partial charge in [-0.3, -0.25) is 0 Å². The molecular formula is C20H24ClN3O3. The van der Waals surface area contributed by atoms with Gasteiger partial charge in [-0.1, -0.05) is 17.7 Å². The number of urea groups is 1. The van der Waals surface area contributed by atoms with Gasteiger partial charge in [-0.2, -0.15) is 0 Å². The molecule has 7 heteroatoms. The van der Waals surface area contributed by atoms with Crippen LogP contribution in [0.15, 0.2) is 36.4 Å². The van der Waals surface area contributed by atoms with Crippen molar-refractivity contribution in [3.8, 4) is 11.5 Å². The van der Waals surface area contributed by atoms with Gasteiger partial charge in [0.05, 0.1) is 17.8 Å². The van der Waals surface area contributed by atoms with Gasteiger partial charge >= 0.3 is 6.03 Å². The number of amides is 2. The lowest BCUT2D eigenvalue weighted by Crippen LogP contribution is -2.30. The second-order valence-corrected chi connectivity index (χ2v) is 7.06. The van der Waals surface area contributed by atoms with Gasteiger partial charge in [0.1, 0.15) is 0 Å². The number of phenolic OH excluding ortho intramolecular Hbond substituents is 1. The van der Waals surface area contributed by atoms with Crippen molar-refractivity contribution in [3.63, 3.8) is 0 Å². The summed E-state index contributed by atoms with van der Waals surface area (Å²) in [5, 5.41) is 13.2. The number of hydrogen-bond donors (Lipinski definition) is 2. The summed E-state index contributed by atoms with van der Waals surface area (Å²) >= 11 is 6.41. The van der Waals surface area contributed by atoms with Crippen LogP contribution in [0.4, 0.5) is 16.2 Å². The van der Waals surface area contributed by atoms with Crippen LogP contribution in [0.1, 0.15) is 18.4 Å². The highest BCUT2D eigenvalue weighted by molar-refractivity contribution is 6.33. The van der Waals surface area contributed by atoms with Crippen LogP contribution in [0.3, 0.4) is 0 Å².